The Morgan fingerprint density at radius 1 is 1.56 bits per heavy atom. The van der Waals surface area contributed by atoms with Crippen LogP contribution in [0.2, 0.25) is 0 Å². The predicted molar refractivity (Wildman–Crippen MR) is 63.6 cm³/mol. The topological polar surface area (TPSA) is 127 Å². The second-order valence-corrected chi connectivity index (χ2v) is 6.16. The highest BCUT2D eigenvalue weighted by Gasteiger charge is 2.09. The van der Waals surface area contributed by atoms with E-state index >= 15 is 0 Å². The van der Waals surface area contributed by atoms with Crippen molar-refractivity contribution < 1.29 is 18.3 Å². The molecule has 0 aliphatic carbocycles. The van der Waals surface area contributed by atoms with E-state index in [1.165, 1.54) is 4.68 Å². The largest absolute Gasteiger partial charge is 0.481 e. The Kier molecular flexibility index (Phi) is 5.50. The molecule has 0 aliphatic heterocycles. The second-order valence-electron chi connectivity index (χ2n) is 3.39. The lowest BCUT2D eigenvalue weighted by Gasteiger charge is -2.04. The van der Waals surface area contributed by atoms with Crippen molar-refractivity contribution in [3.8, 4) is 0 Å². The highest BCUT2D eigenvalue weighted by atomic mass is 32.2. The number of carboxylic acid groups (broad SMARTS) is 1. The average molecular weight is 295 g/mol. The van der Waals surface area contributed by atoms with Gasteiger partial charge in [-0.1, -0.05) is 11.8 Å². The van der Waals surface area contributed by atoms with Crippen LogP contribution in [0.3, 0.4) is 0 Å². The third-order valence-corrected chi connectivity index (χ3v) is 3.41. The first-order valence-electron chi connectivity index (χ1n) is 4.94. The molecule has 11 heteroatoms. The molecule has 0 atom stereocenters. The lowest BCUT2D eigenvalue weighted by molar-refractivity contribution is -0.133. The Hall–Kier alpha value is -1.20. The van der Waals surface area contributed by atoms with E-state index in [0.717, 1.165) is 18.0 Å². The van der Waals surface area contributed by atoms with Crippen LogP contribution in [0.25, 0.3) is 0 Å². The molecule has 0 saturated heterocycles. The van der Waals surface area contributed by atoms with Crippen LogP contribution in [-0.2, 0) is 21.4 Å². The Balaban J connectivity index is 2.38. The molecule has 0 saturated carbocycles. The number of hydrogen-bond donors (Lipinski definition) is 2. The molecule has 9 nitrogen and oxygen atoms in total. The molecule has 0 aliphatic rings. The van der Waals surface area contributed by atoms with Gasteiger partial charge in [0.15, 0.2) is 0 Å². The summed E-state index contributed by atoms with van der Waals surface area (Å²) in [6.45, 7) is 0.694. The highest BCUT2D eigenvalue weighted by molar-refractivity contribution is 7.99. The number of aromatic nitrogens is 4. The van der Waals surface area contributed by atoms with Gasteiger partial charge >= 0.3 is 5.97 Å². The number of carboxylic acids is 1. The summed E-state index contributed by atoms with van der Waals surface area (Å²) in [6, 6.07) is 0. The average Bonchev–Trinajstić information content (AvgIpc) is 2.67. The Bertz CT molecular complexity index is 500. The van der Waals surface area contributed by atoms with Crippen molar-refractivity contribution in [2.75, 3.05) is 18.6 Å². The summed E-state index contributed by atoms with van der Waals surface area (Å²) in [5, 5.41) is 19.7. The smallest absolute Gasteiger partial charge is 0.313 e. The van der Waals surface area contributed by atoms with E-state index in [1.54, 1.807) is 0 Å². The third kappa shape index (κ3) is 5.93. The molecule has 18 heavy (non-hydrogen) atoms. The molecule has 0 amide bonds. The van der Waals surface area contributed by atoms with E-state index in [4.69, 9.17) is 5.11 Å². The summed E-state index contributed by atoms with van der Waals surface area (Å²) in [5.74, 6) is -1.07. The van der Waals surface area contributed by atoms with Gasteiger partial charge in [0, 0.05) is 13.1 Å². The quantitative estimate of drug-likeness (QED) is 0.452. The van der Waals surface area contributed by atoms with Gasteiger partial charge < -0.3 is 5.11 Å². The number of tetrazole rings is 1. The minimum absolute atomic E-state index is 0.123. The zero-order valence-electron chi connectivity index (χ0n) is 9.61. The Morgan fingerprint density at radius 2 is 2.28 bits per heavy atom. The molecule has 0 radical (unpaired) electrons. The van der Waals surface area contributed by atoms with Crippen LogP contribution in [0.15, 0.2) is 5.16 Å². The lowest BCUT2D eigenvalue weighted by Crippen LogP contribution is -2.24. The van der Waals surface area contributed by atoms with Crippen LogP contribution in [0, 0.1) is 0 Å². The molecule has 1 aromatic rings. The number of aryl methyl sites for hydroxylation is 1. The number of thioether (sulfide) groups is 1. The third-order valence-electron chi connectivity index (χ3n) is 1.73. The molecule has 1 heterocycles. The van der Waals surface area contributed by atoms with Gasteiger partial charge in [-0.05, 0) is 16.8 Å². The van der Waals surface area contributed by atoms with E-state index in [9.17, 15) is 13.2 Å². The first-order chi connectivity index (χ1) is 8.38. The number of rotatable bonds is 8. The molecule has 0 fully saturated rings. The molecule has 102 valence electrons. The van der Waals surface area contributed by atoms with Crippen LogP contribution in [0.4, 0.5) is 0 Å². The predicted octanol–water partition coefficient (Wildman–Crippen LogP) is -1.21. The van der Waals surface area contributed by atoms with Crippen LogP contribution in [-0.4, -0.2) is 58.3 Å². The zero-order valence-corrected chi connectivity index (χ0v) is 11.2. The molecular formula is C7H13N5O4S2. The van der Waals surface area contributed by atoms with Crippen molar-refractivity contribution in [1.29, 1.82) is 0 Å². The number of aliphatic carboxylic acids is 1. The Morgan fingerprint density at radius 3 is 2.89 bits per heavy atom. The normalized spacial score (nSPS) is 11.6. The summed E-state index contributed by atoms with van der Waals surface area (Å²) >= 11 is 1.01. The zero-order chi connectivity index (χ0) is 13.6. The molecular weight excluding hydrogens is 282 g/mol. The van der Waals surface area contributed by atoms with Crippen LogP contribution < -0.4 is 4.72 Å². The van der Waals surface area contributed by atoms with Gasteiger partial charge in [0.05, 0.1) is 12.0 Å². The maximum absolute atomic E-state index is 10.8. The van der Waals surface area contributed by atoms with Gasteiger partial charge in [-0.2, -0.15) is 0 Å². The summed E-state index contributed by atoms with van der Waals surface area (Å²) < 4.78 is 25.4. The first kappa shape index (κ1) is 14.9. The van der Waals surface area contributed by atoms with Crippen molar-refractivity contribution in [2.45, 2.75) is 18.1 Å². The molecule has 1 aromatic heterocycles. The van der Waals surface area contributed by atoms with Gasteiger partial charge in [-0.3, -0.25) is 4.79 Å². The Labute approximate surface area is 108 Å². The van der Waals surface area contributed by atoms with E-state index in [-0.39, 0.29) is 12.3 Å². The maximum atomic E-state index is 10.8. The van der Waals surface area contributed by atoms with Crippen molar-refractivity contribution in [3.63, 3.8) is 0 Å². The lowest BCUT2D eigenvalue weighted by atomic mass is 10.4. The minimum atomic E-state index is -3.19. The molecule has 2 N–H and O–H groups in total. The van der Waals surface area contributed by atoms with E-state index < -0.39 is 16.0 Å². The number of hydrogen-bond acceptors (Lipinski definition) is 7. The molecule has 0 bridgehead atoms. The van der Waals surface area contributed by atoms with E-state index in [1.807, 2.05) is 0 Å². The molecule has 0 aromatic carbocycles. The van der Waals surface area contributed by atoms with Gasteiger partial charge in [0.2, 0.25) is 15.2 Å². The van der Waals surface area contributed by atoms with Crippen LogP contribution >= 0.6 is 11.8 Å². The minimum Gasteiger partial charge on any atom is -0.481 e. The van der Waals surface area contributed by atoms with Crippen LogP contribution in [0.1, 0.15) is 6.42 Å². The summed E-state index contributed by atoms with van der Waals surface area (Å²) in [6.07, 6.45) is 1.59. The number of sulfonamides is 1. The number of nitrogens with zero attached hydrogens (tertiary/aromatic N) is 4. The van der Waals surface area contributed by atoms with Crippen molar-refractivity contribution >= 4 is 27.8 Å². The van der Waals surface area contributed by atoms with Crippen molar-refractivity contribution in [2.24, 2.45) is 0 Å². The van der Waals surface area contributed by atoms with Gasteiger partial charge in [-0.25, -0.2) is 17.8 Å². The van der Waals surface area contributed by atoms with E-state index in [2.05, 4.69) is 20.2 Å². The molecule has 1 rings (SSSR count). The summed E-state index contributed by atoms with van der Waals surface area (Å²) in [7, 11) is -3.19. The van der Waals surface area contributed by atoms with Crippen LogP contribution in [0.5, 0.6) is 0 Å². The second kappa shape index (κ2) is 6.66. The number of carbonyl (C=O) groups is 1. The van der Waals surface area contributed by atoms with Crippen molar-refractivity contribution in [3.05, 3.63) is 0 Å². The number of nitrogens with one attached hydrogen (secondary N) is 1. The molecule has 0 spiro atoms. The fourth-order valence-corrected chi connectivity index (χ4v) is 2.19. The fraction of sp³-hybridized carbons (Fsp3) is 0.714. The monoisotopic (exact) mass is 295 g/mol. The van der Waals surface area contributed by atoms with Gasteiger partial charge in [0.1, 0.15) is 0 Å². The maximum Gasteiger partial charge on any atom is 0.313 e. The first-order valence-corrected chi connectivity index (χ1v) is 7.81. The highest BCUT2D eigenvalue weighted by Crippen LogP contribution is 2.12. The van der Waals surface area contributed by atoms with E-state index in [0.29, 0.717) is 18.1 Å². The standard InChI is InChI=1S/C7H13N5O4S2/c1-18(15,16)8-3-2-4-12-7(9-10-11-12)17-5-6(13)14/h8H,2-5H2,1H3,(H,13,14). The van der Waals surface area contributed by atoms with Crippen molar-refractivity contribution in [1.82, 2.24) is 24.9 Å². The molecule has 0 unspecified atom stereocenters. The SMILES string of the molecule is CS(=O)(=O)NCCCn1nnnc1SCC(=O)O. The van der Waals surface area contributed by atoms with Gasteiger partial charge in [-0.15, -0.1) is 5.10 Å². The summed E-state index contributed by atoms with van der Waals surface area (Å²) in [4.78, 5) is 10.4. The fourth-order valence-electron chi connectivity index (χ4n) is 1.05. The van der Waals surface area contributed by atoms with Gasteiger partial charge in [0.25, 0.3) is 0 Å². The summed E-state index contributed by atoms with van der Waals surface area (Å²) in [5.41, 5.74) is 0.